The van der Waals surface area contributed by atoms with E-state index in [1.165, 1.54) is 12.1 Å². The van der Waals surface area contributed by atoms with Gasteiger partial charge in [0.2, 0.25) is 20.0 Å². The zero-order valence-corrected chi connectivity index (χ0v) is 14.9. The zero-order chi connectivity index (χ0) is 17.8. The fourth-order valence-electron chi connectivity index (χ4n) is 2.15. The molecule has 0 heterocycles. The van der Waals surface area contributed by atoms with Gasteiger partial charge in [-0.05, 0) is 49.6 Å². The summed E-state index contributed by atoms with van der Waals surface area (Å²) in [4.78, 5) is 0.303. The molecular formula is C16H20N2O4S2. The third-order valence-corrected chi connectivity index (χ3v) is 5.92. The Balaban J connectivity index is 1.87. The predicted octanol–water partition coefficient (Wildman–Crippen LogP) is 1.55. The lowest BCUT2D eigenvalue weighted by Crippen LogP contribution is -2.25. The summed E-state index contributed by atoms with van der Waals surface area (Å²) in [7, 11) is -7.19. The number of hydrogen-bond donors (Lipinski definition) is 2. The molecule has 0 saturated heterocycles. The number of hydrogen-bond acceptors (Lipinski definition) is 4. The highest BCUT2D eigenvalue weighted by molar-refractivity contribution is 7.89. The molecule has 0 aliphatic carbocycles. The van der Waals surface area contributed by atoms with Crippen LogP contribution in [0.25, 0.3) is 0 Å². The van der Waals surface area contributed by atoms with Crippen molar-refractivity contribution in [1.29, 1.82) is 0 Å². The molecule has 2 aromatic carbocycles. The van der Waals surface area contributed by atoms with Gasteiger partial charge >= 0.3 is 0 Å². The van der Waals surface area contributed by atoms with Crippen molar-refractivity contribution < 1.29 is 16.8 Å². The van der Waals surface area contributed by atoms with Gasteiger partial charge in [0.1, 0.15) is 0 Å². The van der Waals surface area contributed by atoms with Gasteiger partial charge in [0.05, 0.1) is 9.79 Å². The second kappa shape index (κ2) is 7.43. The second-order valence-corrected chi connectivity index (χ2v) is 8.83. The Morgan fingerprint density at radius 3 is 1.96 bits per heavy atom. The largest absolute Gasteiger partial charge is 0.240 e. The molecule has 0 saturated carbocycles. The topological polar surface area (TPSA) is 106 Å². The molecule has 24 heavy (non-hydrogen) atoms. The Bertz CT molecular complexity index is 888. The van der Waals surface area contributed by atoms with E-state index in [0.717, 1.165) is 11.1 Å². The fourth-order valence-corrected chi connectivity index (χ4v) is 3.74. The van der Waals surface area contributed by atoms with Gasteiger partial charge in [0.25, 0.3) is 0 Å². The highest BCUT2D eigenvalue weighted by atomic mass is 32.2. The molecule has 2 rings (SSSR count). The van der Waals surface area contributed by atoms with Crippen LogP contribution >= 0.6 is 0 Å². The van der Waals surface area contributed by atoms with Crippen LogP contribution in [-0.4, -0.2) is 23.4 Å². The number of primary sulfonamides is 1. The van der Waals surface area contributed by atoms with Crippen LogP contribution in [0.5, 0.6) is 0 Å². The standard InChI is InChI=1S/C16H20N2O4S2/c1-13-4-8-16(9-5-13)24(21,22)18-12-2-3-14-6-10-15(11-7-14)23(17,19)20/h4-11,18H,2-3,12H2,1H3,(H2,17,19,20). The Morgan fingerprint density at radius 1 is 0.875 bits per heavy atom. The Labute approximate surface area is 142 Å². The minimum absolute atomic E-state index is 0.0614. The third kappa shape index (κ3) is 5.13. The lowest BCUT2D eigenvalue weighted by atomic mass is 10.1. The van der Waals surface area contributed by atoms with Gasteiger partial charge in [0.15, 0.2) is 0 Å². The van der Waals surface area contributed by atoms with Crippen molar-refractivity contribution in [2.45, 2.75) is 29.6 Å². The molecular weight excluding hydrogens is 348 g/mol. The summed E-state index contributed by atoms with van der Waals surface area (Å²) in [6.07, 6.45) is 1.22. The molecule has 0 amide bonds. The van der Waals surface area contributed by atoms with Gasteiger partial charge in [-0.25, -0.2) is 26.7 Å². The van der Waals surface area contributed by atoms with E-state index in [2.05, 4.69) is 4.72 Å². The van der Waals surface area contributed by atoms with Crippen molar-refractivity contribution in [2.24, 2.45) is 5.14 Å². The first-order valence-corrected chi connectivity index (χ1v) is 10.4. The van der Waals surface area contributed by atoms with Gasteiger partial charge in [-0.2, -0.15) is 0 Å². The van der Waals surface area contributed by atoms with E-state index in [-0.39, 0.29) is 9.79 Å². The molecule has 130 valence electrons. The first-order chi connectivity index (χ1) is 11.2. The molecule has 0 fully saturated rings. The maximum absolute atomic E-state index is 12.1. The molecule has 0 spiro atoms. The number of sulfonamides is 2. The van der Waals surface area contributed by atoms with E-state index in [1.807, 2.05) is 6.92 Å². The number of aryl methyl sites for hydroxylation is 2. The Kier molecular flexibility index (Phi) is 5.76. The van der Waals surface area contributed by atoms with E-state index < -0.39 is 20.0 Å². The molecule has 0 radical (unpaired) electrons. The van der Waals surface area contributed by atoms with Crippen molar-refractivity contribution in [1.82, 2.24) is 4.72 Å². The highest BCUT2D eigenvalue weighted by Gasteiger charge is 2.12. The first-order valence-electron chi connectivity index (χ1n) is 7.36. The van der Waals surface area contributed by atoms with Gasteiger partial charge in [-0.15, -0.1) is 0 Å². The number of nitrogens with two attached hydrogens (primary N) is 1. The summed E-state index contributed by atoms with van der Waals surface area (Å²) in [5.41, 5.74) is 1.91. The molecule has 0 unspecified atom stereocenters. The highest BCUT2D eigenvalue weighted by Crippen LogP contribution is 2.12. The molecule has 8 heteroatoms. The molecule has 0 aromatic heterocycles. The van der Waals surface area contributed by atoms with Gasteiger partial charge in [0, 0.05) is 6.54 Å². The summed E-state index contributed by atoms with van der Waals surface area (Å²) >= 11 is 0. The quantitative estimate of drug-likeness (QED) is 0.723. The van der Waals surface area contributed by atoms with Gasteiger partial charge in [-0.3, -0.25) is 0 Å². The molecule has 6 nitrogen and oxygen atoms in total. The SMILES string of the molecule is Cc1ccc(S(=O)(=O)NCCCc2ccc(S(N)(=O)=O)cc2)cc1. The minimum atomic E-state index is -3.69. The van der Waals surface area contributed by atoms with Crippen LogP contribution in [0.4, 0.5) is 0 Å². The molecule has 0 aliphatic heterocycles. The van der Waals surface area contributed by atoms with Gasteiger partial charge < -0.3 is 0 Å². The molecule has 3 N–H and O–H groups in total. The second-order valence-electron chi connectivity index (χ2n) is 5.50. The summed E-state index contributed by atoms with van der Waals surface area (Å²) in [5, 5.41) is 5.04. The lowest BCUT2D eigenvalue weighted by molar-refractivity contribution is 0.578. The Morgan fingerprint density at radius 2 is 1.42 bits per heavy atom. The van der Waals surface area contributed by atoms with Crippen LogP contribution < -0.4 is 9.86 Å². The van der Waals surface area contributed by atoms with Crippen molar-refractivity contribution in [3.8, 4) is 0 Å². The van der Waals surface area contributed by atoms with Crippen LogP contribution in [0.2, 0.25) is 0 Å². The average molecular weight is 368 g/mol. The molecule has 0 bridgehead atoms. The maximum atomic E-state index is 12.1. The molecule has 2 aromatic rings. The fraction of sp³-hybridized carbons (Fsp3) is 0.250. The van der Waals surface area contributed by atoms with E-state index >= 15 is 0 Å². The van der Waals surface area contributed by atoms with Crippen molar-refractivity contribution in [2.75, 3.05) is 6.54 Å². The summed E-state index contributed by atoms with van der Waals surface area (Å²) in [5.74, 6) is 0. The lowest BCUT2D eigenvalue weighted by Gasteiger charge is -2.07. The molecule has 0 atom stereocenters. The smallest absolute Gasteiger partial charge is 0.225 e. The average Bonchev–Trinajstić information content (AvgIpc) is 2.52. The van der Waals surface area contributed by atoms with Crippen LogP contribution in [0.15, 0.2) is 58.3 Å². The van der Waals surface area contributed by atoms with Crippen LogP contribution in [0.3, 0.4) is 0 Å². The number of nitrogens with one attached hydrogen (secondary N) is 1. The molecule has 0 aliphatic rings. The predicted molar refractivity (Wildman–Crippen MR) is 92.5 cm³/mol. The zero-order valence-electron chi connectivity index (χ0n) is 13.3. The van der Waals surface area contributed by atoms with Crippen LogP contribution in [0.1, 0.15) is 17.5 Å². The third-order valence-electron chi connectivity index (χ3n) is 3.52. The number of benzene rings is 2. The normalized spacial score (nSPS) is 12.2. The van der Waals surface area contributed by atoms with Crippen LogP contribution in [-0.2, 0) is 26.5 Å². The van der Waals surface area contributed by atoms with Crippen LogP contribution in [0, 0.1) is 6.92 Å². The number of rotatable bonds is 7. The van der Waals surface area contributed by atoms with Crippen molar-refractivity contribution >= 4 is 20.0 Å². The summed E-state index contributed by atoms with van der Waals surface area (Å²) in [6, 6.07) is 12.9. The van der Waals surface area contributed by atoms with E-state index in [9.17, 15) is 16.8 Å². The first kappa shape index (κ1) is 18.6. The maximum Gasteiger partial charge on any atom is 0.240 e. The van der Waals surface area contributed by atoms with Crippen molar-refractivity contribution in [3.63, 3.8) is 0 Å². The monoisotopic (exact) mass is 368 g/mol. The summed E-state index contributed by atoms with van der Waals surface area (Å²) < 4.78 is 49.1. The Hall–Kier alpha value is -1.74. The van der Waals surface area contributed by atoms with E-state index in [0.29, 0.717) is 19.4 Å². The summed E-state index contributed by atoms with van der Waals surface area (Å²) in [6.45, 7) is 2.19. The van der Waals surface area contributed by atoms with E-state index in [1.54, 1.807) is 36.4 Å². The van der Waals surface area contributed by atoms with Crippen molar-refractivity contribution in [3.05, 3.63) is 59.7 Å². The van der Waals surface area contributed by atoms with Gasteiger partial charge in [-0.1, -0.05) is 29.8 Å². The minimum Gasteiger partial charge on any atom is -0.225 e. The van der Waals surface area contributed by atoms with E-state index in [4.69, 9.17) is 5.14 Å².